The van der Waals surface area contributed by atoms with E-state index in [1.807, 2.05) is 0 Å². The van der Waals surface area contributed by atoms with E-state index in [-0.39, 0.29) is 0 Å². The monoisotopic (exact) mass is 247 g/mol. The van der Waals surface area contributed by atoms with Crippen molar-refractivity contribution in [2.45, 2.75) is 76.7 Å². The van der Waals surface area contributed by atoms with Crippen LogP contribution >= 0.6 is 0 Å². The molecule has 0 heterocycles. The number of hydrogen-bond donors (Lipinski definition) is 1. The van der Waals surface area contributed by atoms with E-state index < -0.39 is 0 Å². The quantitative estimate of drug-likeness (QED) is 0.781. The van der Waals surface area contributed by atoms with Crippen LogP contribution in [0.2, 0.25) is 0 Å². The van der Waals surface area contributed by atoms with Crippen molar-refractivity contribution < 1.29 is 0 Å². The van der Waals surface area contributed by atoms with Crippen LogP contribution < -0.4 is 5.73 Å². The van der Waals surface area contributed by atoms with Crippen molar-refractivity contribution in [1.29, 1.82) is 0 Å². The van der Waals surface area contributed by atoms with E-state index in [1.165, 1.54) is 51.4 Å². The molecule has 0 radical (unpaired) electrons. The molecular weight excluding hydrogens is 218 g/mol. The normalized spacial score (nSPS) is 49.5. The second-order valence-corrected chi connectivity index (χ2v) is 8.20. The lowest BCUT2D eigenvalue weighted by atomic mass is 9.46. The highest BCUT2D eigenvalue weighted by Crippen LogP contribution is 2.62. The summed E-state index contributed by atoms with van der Waals surface area (Å²) in [5.74, 6) is 4.05. The van der Waals surface area contributed by atoms with Gasteiger partial charge in [-0.2, -0.15) is 0 Å². The largest absolute Gasteiger partial charge is 0.327 e. The molecule has 0 aromatic heterocycles. The van der Waals surface area contributed by atoms with Crippen LogP contribution in [0.15, 0.2) is 0 Å². The third kappa shape index (κ3) is 1.77. The molecule has 1 unspecified atom stereocenters. The second-order valence-electron chi connectivity index (χ2n) is 8.20. The average Bonchev–Trinajstić information content (AvgIpc) is 2.37. The molecule has 5 aliphatic carbocycles. The van der Waals surface area contributed by atoms with E-state index in [9.17, 15) is 0 Å². The van der Waals surface area contributed by atoms with Crippen LogP contribution in [0.5, 0.6) is 0 Å². The van der Waals surface area contributed by atoms with Gasteiger partial charge in [0.25, 0.3) is 0 Å². The first-order valence-electron chi connectivity index (χ1n) is 8.51. The highest BCUT2D eigenvalue weighted by Gasteiger charge is 2.54. The fourth-order valence-corrected chi connectivity index (χ4v) is 6.58. The molecule has 0 aromatic carbocycles. The third-order valence-corrected chi connectivity index (χ3v) is 6.95. The second kappa shape index (κ2) is 4.23. The summed E-state index contributed by atoms with van der Waals surface area (Å²) in [5, 5.41) is 0. The van der Waals surface area contributed by atoms with E-state index in [0.717, 1.165) is 23.7 Å². The Morgan fingerprint density at radius 1 is 0.778 bits per heavy atom. The molecule has 1 atom stereocenters. The lowest BCUT2D eigenvalue weighted by Crippen LogP contribution is -2.57. The summed E-state index contributed by atoms with van der Waals surface area (Å²) in [4.78, 5) is 0. The Hall–Kier alpha value is -0.0400. The number of hydrogen-bond acceptors (Lipinski definition) is 1. The highest BCUT2D eigenvalue weighted by molar-refractivity contribution is 5.06. The first kappa shape index (κ1) is 11.8. The smallest absolute Gasteiger partial charge is 0.0124 e. The molecule has 0 aliphatic heterocycles. The Labute approximate surface area is 112 Å². The minimum atomic E-state index is 0.547. The van der Waals surface area contributed by atoms with Crippen LogP contribution in [-0.2, 0) is 0 Å². The summed E-state index contributed by atoms with van der Waals surface area (Å²) in [7, 11) is 0. The molecular formula is C17H29N. The predicted octanol–water partition coefficient (Wildman–Crippen LogP) is 4.11. The van der Waals surface area contributed by atoms with Gasteiger partial charge in [0.15, 0.2) is 0 Å². The fraction of sp³-hybridized carbons (Fsp3) is 1.00. The van der Waals surface area contributed by atoms with Crippen molar-refractivity contribution in [3.63, 3.8) is 0 Å². The van der Waals surface area contributed by atoms with E-state index in [2.05, 4.69) is 0 Å². The molecule has 1 nitrogen and oxygen atoms in total. The summed E-state index contributed by atoms with van der Waals surface area (Å²) < 4.78 is 0. The SMILES string of the molecule is NC(C1CCCCC1)C12CC3CC(CC(C3)C1)C2. The molecule has 2 N–H and O–H groups in total. The molecule has 5 aliphatic rings. The summed E-state index contributed by atoms with van der Waals surface area (Å²) in [6.45, 7) is 0. The minimum absolute atomic E-state index is 0.547. The average molecular weight is 247 g/mol. The molecule has 102 valence electrons. The lowest BCUT2D eigenvalue weighted by molar-refractivity contribution is -0.0795. The highest BCUT2D eigenvalue weighted by atomic mass is 14.8. The van der Waals surface area contributed by atoms with Gasteiger partial charge in [-0.25, -0.2) is 0 Å². The summed E-state index contributed by atoms with van der Waals surface area (Å²) in [6, 6.07) is 0.547. The molecule has 0 saturated heterocycles. The van der Waals surface area contributed by atoms with Gasteiger partial charge in [0.2, 0.25) is 0 Å². The Bertz CT molecular complexity index is 280. The Balaban J connectivity index is 1.55. The van der Waals surface area contributed by atoms with Gasteiger partial charge < -0.3 is 5.73 Å². The van der Waals surface area contributed by atoms with Gasteiger partial charge in [0.05, 0.1) is 0 Å². The number of nitrogens with two attached hydrogens (primary N) is 1. The number of rotatable bonds is 2. The topological polar surface area (TPSA) is 26.0 Å². The molecule has 5 rings (SSSR count). The molecule has 0 spiro atoms. The lowest BCUT2D eigenvalue weighted by Gasteiger charge is -2.60. The fourth-order valence-electron chi connectivity index (χ4n) is 6.58. The summed E-state index contributed by atoms with van der Waals surface area (Å²) in [6.07, 6.45) is 16.4. The van der Waals surface area contributed by atoms with Crippen molar-refractivity contribution in [1.82, 2.24) is 0 Å². The van der Waals surface area contributed by atoms with Crippen molar-refractivity contribution in [3.05, 3.63) is 0 Å². The van der Waals surface area contributed by atoms with Crippen molar-refractivity contribution in [2.24, 2.45) is 34.8 Å². The van der Waals surface area contributed by atoms with Crippen molar-refractivity contribution in [2.75, 3.05) is 0 Å². The standard InChI is InChI=1S/C17H29N/c18-16(15-4-2-1-3-5-15)17-9-12-6-13(10-17)8-14(7-12)11-17/h12-16H,1-11,18H2. The molecule has 5 fully saturated rings. The minimum Gasteiger partial charge on any atom is -0.327 e. The first-order valence-corrected chi connectivity index (χ1v) is 8.51. The molecule has 0 amide bonds. The maximum absolute atomic E-state index is 6.85. The molecule has 0 aromatic rings. The zero-order chi connectivity index (χ0) is 12.2. The molecule has 5 saturated carbocycles. The van der Waals surface area contributed by atoms with Gasteiger partial charge in [0.1, 0.15) is 0 Å². The Kier molecular flexibility index (Phi) is 2.76. The molecule has 4 bridgehead atoms. The van der Waals surface area contributed by atoms with Crippen molar-refractivity contribution >= 4 is 0 Å². The van der Waals surface area contributed by atoms with Crippen LogP contribution in [-0.4, -0.2) is 6.04 Å². The van der Waals surface area contributed by atoms with Gasteiger partial charge in [-0.3, -0.25) is 0 Å². The van der Waals surface area contributed by atoms with Gasteiger partial charge >= 0.3 is 0 Å². The third-order valence-electron chi connectivity index (χ3n) is 6.95. The molecule has 18 heavy (non-hydrogen) atoms. The maximum Gasteiger partial charge on any atom is 0.0124 e. The summed E-state index contributed by atoms with van der Waals surface area (Å²) in [5.41, 5.74) is 7.44. The Morgan fingerprint density at radius 3 is 1.78 bits per heavy atom. The van der Waals surface area contributed by atoms with Gasteiger partial charge in [-0.1, -0.05) is 19.3 Å². The Morgan fingerprint density at radius 2 is 1.28 bits per heavy atom. The van der Waals surface area contributed by atoms with Gasteiger partial charge in [-0.05, 0) is 80.5 Å². The van der Waals surface area contributed by atoms with E-state index in [1.54, 1.807) is 19.3 Å². The zero-order valence-electron chi connectivity index (χ0n) is 11.7. The van der Waals surface area contributed by atoms with Crippen LogP contribution in [0, 0.1) is 29.1 Å². The summed E-state index contributed by atoms with van der Waals surface area (Å²) >= 11 is 0. The van der Waals surface area contributed by atoms with Crippen LogP contribution in [0.4, 0.5) is 0 Å². The molecule has 1 heteroatoms. The van der Waals surface area contributed by atoms with Crippen LogP contribution in [0.25, 0.3) is 0 Å². The van der Waals surface area contributed by atoms with Crippen LogP contribution in [0.3, 0.4) is 0 Å². The van der Waals surface area contributed by atoms with E-state index >= 15 is 0 Å². The van der Waals surface area contributed by atoms with Crippen molar-refractivity contribution in [3.8, 4) is 0 Å². The predicted molar refractivity (Wildman–Crippen MR) is 75.2 cm³/mol. The van der Waals surface area contributed by atoms with Gasteiger partial charge in [0, 0.05) is 6.04 Å². The van der Waals surface area contributed by atoms with E-state index in [0.29, 0.717) is 11.5 Å². The maximum atomic E-state index is 6.85. The van der Waals surface area contributed by atoms with E-state index in [4.69, 9.17) is 5.73 Å². The zero-order valence-corrected chi connectivity index (χ0v) is 11.7. The van der Waals surface area contributed by atoms with Gasteiger partial charge in [-0.15, -0.1) is 0 Å². The first-order chi connectivity index (χ1) is 8.75. The van der Waals surface area contributed by atoms with Crippen LogP contribution in [0.1, 0.15) is 70.6 Å².